The van der Waals surface area contributed by atoms with E-state index in [9.17, 15) is 23.2 Å². The van der Waals surface area contributed by atoms with Crippen molar-refractivity contribution in [3.63, 3.8) is 0 Å². The van der Waals surface area contributed by atoms with Gasteiger partial charge in [0.1, 0.15) is 10.6 Å². The van der Waals surface area contributed by atoms with Gasteiger partial charge in [0.25, 0.3) is 21.5 Å². The fourth-order valence-electron chi connectivity index (χ4n) is 4.06. The van der Waals surface area contributed by atoms with Gasteiger partial charge >= 0.3 is 0 Å². The number of aromatic amines is 2. The van der Waals surface area contributed by atoms with Gasteiger partial charge in [0.2, 0.25) is 0 Å². The number of benzene rings is 1. The van der Waals surface area contributed by atoms with E-state index in [0.29, 0.717) is 31.9 Å². The summed E-state index contributed by atoms with van der Waals surface area (Å²) in [6, 6.07) is 12.8. The summed E-state index contributed by atoms with van der Waals surface area (Å²) in [5.74, 6) is -0.472. The average Bonchev–Trinajstić information content (AvgIpc) is 3.28. The number of amides is 1. The minimum absolute atomic E-state index is 0.0348. The Labute approximate surface area is 205 Å². The fourth-order valence-corrected chi connectivity index (χ4v) is 5.68. The SMILES string of the molecule is O=C(c1ccc(-c2cc[n+]([O-])cc2)[nH]c1=O)N1CCN(S(=O)(=O)c2cc3cc(Cl)ccc3[nH]2)CC1. The van der Waals surface area contributed by atoms with Gasteiger partial charge in [0.15, 0.2) is 12.4 Å². The largest absolute Gasteiger partial charge is 0.619 e. The molecule has 3 aromatic heterocycles. The third-order valence-electron chi connectivity index (χ3n) is 5.95. The van der Waals surface area contributed by atoms with Crippen LogP contribution in [0, 0.1) is 5.21 Å². The molecule has 0 unspecified atom stereocenters. The Kier molecular flexibility index (Phi) is 5.83. The number of fused-ring (bicyclic) bond motifs is 1. The molecule has 0 atom stereocenters. The summed E-state index contributed by atoms with van der Waals surface area (Å²) >= 11 is 6.00. The lowest BCUT2D eigenvalue weighted by molar-refractivity contribution is -0.605. The first-order valence-electron chi connectivity index (χ1n) is 10.7. The number of nitrogens with one attached hydrogen (secondary N) is 2. The molecule has 10 nitrogen and oxygen atoms in total. The summed E-state index contributed by atoms with van der Waals surface area (Å²) in [5, 5.41) is 12.5. The highest BCUT2D eigenvalue weighted by Crippen LogP contribution is 2.25. The zero-order chi connectivity index (χ0) is 24.7. The second-order valence-corrected chi connectivity index (χ2v) is 10.5. The molecule has 35 heavy (non-hydrogen) atoms. The van der Waals surface area contributed by atoms with Gasteiger partial charge < -0.3 is 20.1 Å². The standard InChI is InChI=1S/C23H20ClN5O5S/c24-17-1-3-20-16(13-17)14-21(25-20)35(33,34)29-11-9-27(10-12-29)23(31)18-2-4-19(26-22(18)30)15-5-7-28(32)8-6-15/h1-8,13-14,25H,9-12H2,(H,26,30). The number of hydrogen-bond acceptors (Lipinski definition) is 5. The number of rotatable bonds is 4. The monoisotopic (exact) mass is 513 g/mol. The quantitative estimate of drug-likeness (QED) is 0.318. The minimum Gasteiger partial charge on any atom is -0.619 e. The van der Waals surface area contributed by atoms with Crippen molar-refractivity contribution in [3.05, 3.63) is 87.1 Å². The van der Waals surface area contributed by atoms with E-state index in [2.05, 4.69) is 9.97 Å². The number of aromatic nitrogens is 3. The second-order valence-electron chi connectivity index (χ2n) is 8.12. The molecule has 5 rings (SSSR count). The molecule has 180 valence electrons. The lowest BCUT2D eigenvalue weighted by atomic mass is 10.1. The van der Waals surface area contributed by atoms with Gasteiger partial charge in [0, 0.05) is 65.5 Å². The molecule has 4 aromatic rings. The van der Waals surface area contributed by atoms with Gasteiger partial charge in [-0.15, -0.1) is 0 Å². The fraction of sp³-hybridized carbons (Fsp3) is 0.174. The Morgan fingerprint density at radius 1 is 0.971 bits per heavy atom. The van der Waals surface area contributed by atoms with Crippen molar-refractivity contribution in [1.82, 2.24) is 19.2 Å². The number of H-pyrrole nitrogens is 2. The molecule has 1 aliphatic heterocycles. The molecule has 1 aromatic carbocycles. The van der Waals surface area contributed by atoms with Crippen molar-refractivity contribution in [1.29, 1.82) is 0 Å². The summed E-state index contributed by atoms with van der Waals surface area (Å²) in [6.07, 6.45) is 2.62. The van der Waals surface area contributed by atoms with Crippen molar-refractivity contribution < 1.29 is 17.9 Å². The zero-order valence-electron chi connectivity index (χ0n) is 18.3. The Morgan fingerprint density at radius 3 is 2.37 bits per heavy atom. The van der Waals surface area contributed by atoms with Crippen LogP contribution < -0.4 is 10.3 Å². The van der Waals surface area contributed by atoms with Crippen molar-refractivity contribution >= 4 is 38.4 Å². The van der Waals surface area contributed by atoms with E-state index in [0.717, 1.165) is 0 Å². The van der Waals surface area contributed by atoms with Gasteiger partial charge in [-0.1, -0.05) is 11.6 Å². The predicted molar refractivity (Wildman–Crippen MR) is 129 cm³/mol. The lowest BCUT2D eigenvalue weighted by Crippen LogP contribution is -2.51. The van der Waals surface area contributed by atoms with Gasteiger partial charge in [-0.25, -0.2) is 8.42 Å². The van der Waals surface area contributed by atoms with Crippen molar-refractivity contribution in [2.24, 2.45) is 0 Å². The van der Waals surface area contributed by atoms with E-state index < -0.39 is 21.5 Å². The maximum absolute atomic E-state index is 13.1. The van der Waals surface area contributed by atoms with Gasteiger partial charge in [-0.3, -0.25) is 9.59 Å². The molecule has 4 heterocycles. The van der Waals surface area contributed by atoms with Crippen molar-refractivity contribution in [2.75, 3.05) is 26.2 Å². The third kappa shape index (κ3) is 4.41. The molecule has 0 bridgehead atoms. The number of hydrogen-bond donors (Lipinski definition) is 2. The second kappa shape index (κ2) is 8.84. The van der Waals surface area contributed by atoms with Gasteiger partial charge in [-0.2, -0.15) is 9.04 Å². The maximum Gasteiger partial charge on any atom is 0.261 e. The predicted octanol–water partition coefficient (Wildman–Crippen LogP) is 1.96. The van der Waals surface area contributed by atoms with Crippen LogP contribution in [0.1, 0.15) is 10.4 Å². The highest BCUT2D eigenvalue weighted by atomic mass is 35.5. The summed E-state index contributed by atoms with van der Waals surface area (Å²) in [7, 11) is -3.79. The van der Waals surface area contributed by atoms with E-state index in [1.807, 2.05) is 0 Å². The van der Waals surface area contributed by atoms with Crippen LogP contribution in [0.15, 0.2) is 70.7 Å². The molecule has 0 radical (unpaired) electrons. The average molecular weight is 514 g/mol. The Morgan fingerprint density at radius 2 is 1.69 bits per heavy atom. The summed E-state index contributed by atoms with van der Waals surface area (Å²) < 4.78 is 28.2. The maximum atomic E-state index is 13.1. The number of piperazine rings is 1. The Balaban J connectivity index is 1.29. The lowest BCUT2D eigenvalue weighted by Gasteiger charge is -2.33. The summed E-state index contributed by atoms with van der Waals surface area (Å²) in [6.45, 7) is 0.486. The van der Waals surface area contributed by atoms with Crippen LogP contribution in [0.4, 0.5) is 0 Å². The van der Waals surface area contributed by atoms with Crippen molar-refractivity contribution in [2.45, 2.75) is 5.03 Å². The first-order valence-corrected chi connectivity index (χ1v) is 12.5. The highest BCUT2D eigenvalue weighted by Gasteiger charge is 2.32. The van der Waals surface area contributed by atoms with Gasteiger partial charge in [-0.05, 0) is 36.4 Å². The van der Waals surface area contributed by atoms with E-state index in [1.54, 1.807) is 42.5 Å². The number of carbonyl (C=O) groups excluding carboxylic acids is 1. The molecular formula is C23H20ClN5O5S. The van der Waals surface area contributed by atoms with Crippen LogP contribution in [-0.2, 0) is 10.0 Å². The number of halogens is 1. The third-order valence-corrected chi connectivity index (χ3v) is 8.01. The zero-order valence-corrected chi connectivity index (χ0v) is 19.8. The molecule has 1 fully saturated rings. The minimum atomic E-state index is -3.79. The van der Waals surface area contributed by atoms with Crippen molar-refractivity contribution in [3.8, 4) is 11.3 Å². The van der Waals surface area contributed by atoms with E-state index in [1.165, 1.54) is 27.7 Å². The van der Waals surface area contributed by atoms with Crippen LogP contribution in [-0.4, -0.2) is 59.7 Å². The molecule has 1 aliphatic rings. The number of nitrogens with zero attached hydrogens (tertiary/aromatic N) is 3. The Hall–Kier alpha value is -3.67. The van der Waals surface area contributed by atoms with Crippen LogP contribution in [0.2, 0.25) is 5.02 Å². The van der Waals surface area contributed by atoms with E-state index >= 15 is 0 Å². The normalized spacial score (nSPS) is 14.9. The molecule has 2 N–H and O–H groups in total. The number of sulfonamides is 1. The van der Waals surface area contributed by atoms with Crippen LogP contribution >= 0.6 is 11.6 Å². The summed E-state index contributed by atoms with van der Waals surface area (Å²) in [4.78, 5) is 32.6. The van der Waals surface area contributed by atoms with E-state index in [-0.39, 0.29) is 36.8 Å². The first-order chi connectivity index (χ1) is 16.7. The number of pyridine rings is 2. The van der Waals surface area contributed by atoms with Crippen LogP contribution in [0.5, 0.6) is 0 Å². The smallest absolute Gasteiger partial charge is 0.261 e. The summed E-state index contributed by atoms with van der Waals surface area (Å²) in [5.41, 5.74) is 1.17. The molecule has 1 saturated heterocycles. The first kappa shape index (κ1) is 23.1. The molecule has 0 spiro atoms. The molecule has 12 heteroatoms. The molecule has 1 amide bonds. The Bertz CT molecular complexity index is 1590. The highest BCUT2D eigenvalue weighted by molar-refractivity contribution is 7.89. The molecule has 0 aliphatic carbocycles. The van der Waals surface area contributed by atoms with Crippen LogP contribution in [0.25, 0.3) is 22.2 Å². The molecular weight excluding hydrogens is 494 g/mol. The molecule has 0 saturated carbocycles. The van der Waals surface area contributed by atoms with Crippen LogP contribution in [0.3, 0.4) is 0 Å². The topological polar surface area (TPSA) is 133 Å². The van der Waals surface area contributed by atoms with E-state index in [4.69, 9.17) is 11.6 Å². The number of carbonyl (C=O) groups is 1. The van der Waals surface area contributed by atoms with Gasteiger partial charge in [0.05, 0.1) is 0 Å².